The molecule has 10 heteroatoms. The average molecular weight is 419 g/mol. The van der Waals surface area contributed by atoms with E-state index in [4.69, 9.17) is 9.57 Å². The van der Waals surface area contributed by atoms with E-state index in [1.54, 1.807) is 19.1 Å². The summed E-state index contributed by atoms with van der Waals surface area (Å²) in [7, 11) is 0. The zero-order chi connectivity index (χ0) is 21.6. The van der Waals surface area contributed by atoms with E-state index in [1.807, 2.05) is 19.1 Å². The fourth-order valence-corrected chi connectivity index (χ4v) is 2.45. The van der Waals surface area contributed by atoms with Crippen molar-refractivity contribution < 1.29 is 22.7 Å². The molecule has 0 radical (unpaired) electrons. The van der Waals surface area contributed by atoms with Gasteiger partial charge in [0.2, 0.25) is 5.82 Å². The van der Waals surface area contributed by atoms with Gasteiger partial charge in [0.15, 0.2) is 6.61 Å². The normalized spacial score (nSPS) is 12.1. The molecule has 30 heavy (non-hydrogen) atoms. The Morgan fingerprint density at radius 1 is 1.03 bits per heavy atom. The van der Waals surface area contributed by atoms with Crippen molar-refractivity contribution in [3.8, 4) is 5.75 Å². The molecule has 1 aromatic heterocycles. The van der Waals surface area contributed by atoms with E-state index in [0.717, 1.165) is 17.7 Å². The number of oxime groups is 1. The summed E-state index contributed by atoms with van der Waals surface area (Å²) in [5.41, 5.74) is 1.35. The lowest BCUT2D eigenvalue weighted by Crippen LogP contribution is -2.04. The van der Waals surface area contributed by atoms with Crippen molar-refractivity contribution >= 4 is 5.71 Å². The van der Waals surface area contributed by atoms with E-state index in [1.165, 1.54) is 16.9 Å². The molecule has 0 fully saturated rings. The van der Waals surface area contributed by atoms with Crippen LogP contribution in [0, 0.1) is 0 Å². The minimum absolute atomic E-state index is 0.0715. The van der Waals surface area contributed by atoms with Crippen molar-refractivity contribution in [2.45, 2.75) is 39.8 Å². The van der Waals surface area contributed by atoms with Gasteiger partial charge in [0.1, 0.15) is 12.4 Å². The van der Waals surface area contributed by atoms with Crippen LogP contribution < -0.4 is 4.74 Å². The predicted molar refractivity (Wildman–Crippen MR) is 103 cm³/mol. The second kappa shape index (κ2) is 9.38. The molecule has 158 valence electrons. The van der Waals surface area contributed by atoms with Crippen LogP contribution in [0.4, 0.5) is 13.2 Å². The summed E-state index contributed by atoms with van der Waals surface area (Å²) in [5, 5.41) is 15.9. The van der Waals surface area contributed by atoms with Crippen molar-refractivity contribution in [3.05, 3.63) is 71.0 Å². The van der Waals surface area contributed by atoms with Crippen LogP contribution in [0.1, 0.15) is 36.4 Å². The van der Waals surface area contributed by atoms with Gasteiger partial charge < -0.3 is 9.57 Å². The van der Waals surface area contributed by atoms with Gasteiger partial charge >= 0.3 is 6.18 Å². The maximum Gasteiger partial charge on any atom is 0.416 e. The maximum absolute atomic E-state index is 12.6. The van der Waals surface area contributed by atoms with E-state index >= 15 is 0 Å². The number of hydrogen-bond acceptors (Lipinski definition) is 6. The Kier molecular flexibility index (Phi) is 6.65. The van der Waals surface area contributed by atoms with E-state index in [9.17, 15) is 13.2 Å². The number of alkyl halides is 3. The van der Waals surface area contributed by atoms with Gasteiger partial charge in [-0.15, -0.1) is 10.2 Å². The lowest BCUT2D eigenvalue weighted by molar-refractivity contribution is -0.137. The smallest absolute Gasteiger partial charge is 0.416 e. The minimum atomic E-state index is -4.35. The maximum atomic E-state index is 12.6. The van der Waals surface area contributed by atoms with Gasteiger partial charge in [-0.1, -0.05) is 17.3 Å². The highest BCUT2D eigenvalue weighted by molar-refractivity contribution is 5.98. The van der Waals surface area contributed by atoms with E-state index < -0.39 is 11.7 Å². The largest absolute Gasteiger partial charge is 0.485 e. The van der Waals surface area contributed by atoms with Gasteiger partial charge in [0.25, 0.3) is 0 Å². The molecule has 0 unspecified atom stereocenters. The first kappa shape index (κ1) is 21.3. The Labute approximate surface area is 171 Å². The van der Waals surface area contributed by atoms with Gasteiger partial charge in [0, 0.05) is 0 Å². The van der Waals surface area contributed by atoms with Crippen LogP contribution >= 0.6 is 0 Å². The molecule has 0 saturated heterocycles. The zero-order valence-corrected chi connectivity index (χ0v) is 16.4. The van der Waals surface area contributed by atoms with Crippen LogP contribution in [-0.4, -0.2) is 25.9 Å². The fraction of sp³-hybridized carbons (Fsp3) is 0.300. The van der Waals surface area contributed by atoms with Gasteiger partial charge in [-0.05, 0) is 66.6 Å². The summed E-state index contributed by atoms with van der Waals surface area (Å²) < 4.78 is 43.3. The molecule has 0 saturated carbocycles. The van der Waals surface area contributed by atoms with E-state index in [0.29, 0.717) is 29.4 Å². The third-order valence-electron chi connectivity index (χ3n) is 4.13. The van der Waals surface area contributed by atoms with Gasteiger partial charge in [0.05, 0.1) is 17.8 Å². The molecule has 1 heterocycles. The van der Waals surface area contributed by atoms with Crippen molar-refractivity contribution in [2.75, 3.05) is 0 Å². The first-order valence-electron chi connectivity index (χ1n) is 9.17. The minimum Gasteiger partial charge on any atom is -0.485 e. The number of hydrogen-bond donors (Lipinski definition) is 0. The molecular weight excluding hydrogens is 399 g/mol. The van der Waals surface area contributed by atoms with Gasteiger partial charge in [-0.3, -0.25) is 0 Å². The summed E-state index contributed by atoms with van der Waals surface area (Å²) in [6, 6.07) is 12.0. The SMILES string of the molecule is CCn1nnc(COc2ccc(/C(C)=N/OCc3ccc(C(F)(F)F)cc3)cc2)n1. The second-order valence-electron chi connectivity index (χ2n) is 6.35. The number of benzene rings is 2. The highest BCUT2D eigenvalue weighted by atomic mass is 19.4. The van der Waals surface area contributed by atoms with Gasteiger partial charge in [-0.25, -0.2) is 0 Å². The lowest BCUT2D eigenvalue weighted by atomic mass is 10.1. The average Bonchev–Trinajstić information content (AvgIpc) is 3.20. The summed E-state index contributed by atoms with van der Waals surface area (Å²) >= 11 is 0. The Morgan fingerprint density at radius 3 is 2.33 bits per heavy atom. The number of nitrogens with zero attached hydrogens (tertiary/aromatic N) is 5. The van der Waals surface area contributed by atoms with Crippen LogP contribution in [0.5, 0.6) is 5.75 Å². The van der Waals surface area contributed by atoms with Crippen LogP contribution in [0.25, 0.3) is 0 Å². The van der Waals surface area contributed by atoms with Crippen molar-refractivity contribution in [1.82, 2.24) is 20.2 Å². The van der Waals surface area contributed by atoms with Crippen molar-refractivity contribution in [1.29, 1.82) is 0 Å². The molecule has 0 atom stereocenters. The number of halogens is 3. The molecule has 0 spiro atoms. The van der Waals surface area contributed by atoms with Crippen molar-refractivity contribution in [2.24, 2.45) is 5.16 Å². The first-order valence-corrected chi connectivity index (χ1v) is 9.17. The van der Waals surface area contributed by atoms with Crippen molar-refractivity contribution in [3.63, 3.8) is 0 Å². The summed E-state index contributed by atoms with van der Waals surface area (Å²) in [6.45, 7) is 4.61. The molecule has 0 amide bonds. The number of aromatic nitrogens is 4. The van der Waals surface area contributed by atoms with E-state index in [-0.39, 0.29) is 13.2 Å². The first-order chi connectivity index (χ1) is 14.3. The Balaban J connectivity index is 1.50. The summed E-state index contributed by atoms with van der Waals surface area (Å²) in [5.74, 6) is 1.14. The van der Waals surface area contributed by atoms with Crippen LogP contribution in [0.2, 0.25) is 0 Å². The third-order valence-corrected chi connectivity index (χ3v) is 4.13. The molecule has 3 aromatic rings. The standard InChI is InChI=1S/C20H20F3N5O2/c1-3-28-25-19(24-27-28)13-29-18-10-6-16(7-11-18)14(2)26-30-12-15-4-8-17(9-5-15)20(21,22)23/h4-11H,3,12-13H2,1-2H3/b26-14+. The van der Waals surface area contributed by atoms with Crippen LogP contribution in [0.3, 0.4) is 0 Å². The second-order valence-corrected chi connectivity index (χ2v) is 6.35. The van der Waals surface area contributed by atoms with E-state index in [2.05, 4.69) is 20.6 Å². The molecule has 0 aliphatic carbocycles. The molecule has 0 N–H and O–H groups in total. The number of ether oxygens (including phenoxy) is 1. The fourth-order valence-electron chi connectivity index (χ4n) is 2.45. The number of rotatable bonds is 8. The molecule has 3 rings (SSSR count). The Bertz CT molecular complexity index is 983. The molecule has 0 bridgehead atoms. The zero-order valence-electron chi connectivity index (χ0n) is 16.4. The topological polar surface area (TPSA) is 74.4 Å². The highest BCUT2D eigenvalue weighted by Gasteiger charge is 2.29. The summed E-state index contributed by atoms with van der Waals surface area (Å²) in [6.07, 6.45) is -4.35. The quantitative estimate of drug-likeness (QED) is 0.404. The third kappa shape index (κ3) is 5.79. The number of tetrazole rings is 1. The Morgan fingerprint density at radius 2 is 1.73 bits per heavy atom. The monoisotopic (exact) mass is 419 g/mol. The van der Waals surface area contributed by atoms with Crippen LogP contribution in [-0.2, 0) is 30.8 Å². The number of aryl methyl sites for hydroxylation is 1. The highest BCUT2D eigenvalue weighted by Crippen LogP contribution is 2.29. The molecule has 0 aliphatic rings. The Hall–Kier alpha value is -3.43. The molecule has 2 aromatic carbocycles. The predicted octanol–water partition coefficient (Wildman–Crippen LogP) is 4.23. The molecule has 7 nitrogen and oxygen atoms in total. The molecular formula is C20H20F3N5O2. The van der Waals surface area contributed by atoms with Crippen LogP contribution in [0.15, 0.2) is 53.7 Å². The molecule has 0 aliphatic heterocycles. The summed E-state index contributed by atoms with van der Waals surface area (Å²) in [4.78, 5) is 6.74. The lowest BCUT2D eigenvalue weighted by Gasteiger charge is -2.08. The van der Waals surface area contributed by atoms with Gasteiger partial charge in [-0.2, -0.15) is 18.0 Å².